The van der Waals surface area contributed by atoms with Gasteiger partial charge in [0.05, 0.1) is 18.0 Å². The Morgan fingerprint density at radius 1 is 0.833 bits per heavy atom. The van der Waals surface area contributed by atoms with E-state index in [2.05, 4.69) is 10.2 Å². The highest BCUT2D eigenvalue weighted by atomic mass is 19.2. The summed E-state index contributed by atoms with van der Waals surface area (Å²) in [5, 5.41) is 7.13. The second-order valence-electron chi connectivity index (χ2n) is 5.24. The average molecular weight is 336 g/mol. The number of nitrogens with zero attached hydrogens (tertiary/aromatic N) is 2. The van der Waals surface area contributed by atoms with Crippen LogP contribution in [0.5, 0.6) is 0 Å². The van der Waals surface area contributed by atoms with Crippen LogP contribution in [0.2, 0.25) is 0 Å². The molecule has 0 N–H and O–H groups in total. The molecule has 0 atom stereocenters. The molecule has 0 aliphatic rings. The average Bonchev–Trinajstić information content (AvgIpc) is 2.54. The SMILES string of the molecule is CCCCc1cc(F)c(/C=N/N=C/c2ccc(F)c(F)c2)c(F)c1. The molecule has 126 valence electrons. The molecule has 0 aromatic heterocycles. The van der Waals surface area contributed by atoms with Crippen LogP contribution in [-0.4, -0.2) is 12.4 Å². The Hall–Kier alpha value is -2.50. The third-order valence-corrected chi connectivity index (χ3v) is 3.36. The van der Waals surface area contributed by atoms with E-state index < -0.39 is 23.3 Å². The van der Waals surface area contributed by atoms with Crippen LogP contribution in [0.1, 0.15) is 36.5 Å². The molecule has 2 aromatic rings. The molecule has 0 saturated heterocycles. The standard InChI is InChI=1S/C18H16F4N2/c1-2-3-4-12-7-16(20)14(17(21)8-12)11-24-23-10-13-5-6-15(19)18(22)9-13/h5-11H,2-4H2,1H3/b23-10+,24-11+. The lowest BCUT2D eigenvalue weighted by molar-refractivity contribution is 0.508. The molecule has 2 rings (SSSR count). The molecule has 0 aliphatic carbocycles. The molecule has 0 radical (unpaired) electrons. The third kappa shape index (κ3) is 4.75. The molecule has 0 bridgehead atoms. The van der Waals surface area contributed by atoms with Crippen LogP contribution in [0.25, 0.3) is 0 Å². The van der Waals surface area contributed by atoms with E-state index in [9.17, 15) is 17.6 Å². The lowest BCUT2D eigenvalue weighted by Gasteiger charge is -2.04. The summed E-state index contributed by atoms with van der Waals surface area (Å²) in [5.41, 5.74) is 0.578. The lowest BCUT2D eigenvalue weighted by Crippen LogP contribution is -1.97. The van der Waals surface area contributed by atoms with E-state index in [1.807, 2.05) is 6.92 Å². The monoisotopic (exact) mass is 336 g/mol. The van der Waals surface area contributed by atoms with Crippen LogP contribution in [0.3, 0.4) is 0 Å². The fraction of sp³-hybridized carbons (Fsp3) is 0.222. The number of aryl methyl sites for hydroxylation is 1. The first kappa shape index (κ1) is 17.8. The van der Waals surface area contributed by atoms with Gasteiger partial charge in [0.25, 0.3) is 0 Å². The van der Waals surface area contributed by atoms with Crippen LogP contribution in [0.4, 0.5) is 17.6 Å². The molecule has 2 nitrogen and oxygen atoms in total. The molecule has 0 aliphatic heterocycles. The molecule has 6 heteroatoms. The zero-order valence-corrected chi connectivity index (χ0v) is 13.1. The Morgan fingerprint density at radius 3 is 2.12 bits per heavy atom. The van der Waals surface area contributed by atoms with Crippen molar-refractivity contribution in [3.05, 3.63) is 70.3 Å². The highest BCUT2D eigenvalue weighted by Crippen LogP contribution is 2.16. The van der Waals surface area contributed by atoms with Gasteiger partial charge in [0.1, 0.15) is 11.6 Å². The number of halogens is 4. The van der Waals surface area contributed by atoms with Crippen molar-refractivity contribution in [1.82, 2.24) is 0 Å². The maximum atomic E-state index is 13.9. The van der Waals surface area contributed by atoms with Crippen LogP contribution in [0, 0.1) is 23.3 Å². The second-order valence-corrected chi connectivity index (χ2v) is 5.24. The van der Waals surface area contributed by atoms with E-state index >= 15 is 0 Å². The summed E-state index contributed by atoms with van der Waals surface area (Å²) in [5.74, 6) is -3.41. The van der Waals surface area contributed by atoms with Crippen LogP contribution in [-0.2, 0) is 6.42 Å². The van der Waals surface area contributed by atoms with Gasteiger partial charge in [-0.3, -0.25) is 0 Å². The van der Waals surface area contributed by atoms with E-state index in [4.69, 9.17) is 0 Å². The van der Waals surface area contributed by atoms with Crippen molar-refractivity contribution in [3.8, 4) is 0 Å². The van der Waals surface area contributed by atoms with Crippen LogP contribution in [0.15, 0.2) is 40.5 Å². The lowest BCUT2D eigenvalue weighted by atomic mass is 10.1. The highest BCUT2D eigenvalue weighted by Gasteiger charge is 2.09. The molecule has 24 heavy (non-hydrogen) atoms. The maximum absolute atomic E-state index is 13.9. The fourth-order valence-electron chi connectivity index (χ4n) is 2.07. The molecule has 0 fully saturated rings. The predicted molar refractivity (Wildman–Crippen MR) is 86.5 cm³/mol. The molecule has 0 amide bonds. The van der Waals surface area contributed by atoms with Gasteiger partial charge in [0, 0.05) is 0 Å². The summed E-state index contributed by atoms with van der Waals surface area (Å²) < 4.78 is 53.6. The van der Waals surface area contributed by atoms with Crippen molar-refractivity contribution in [1.29, 1.82) is 0 Å². The number of hydrogen-bond donors (Lipinski definition) is 0. The van der Waals surface area contributed by atoms with Crippen molar-refractivity contribution in [3.63, 3.8) is 0 Å². The number of hydrogen-bond acceptors (Lipinski definition) is 2. The largest absolute Gasteiger partial charge is 0.206 e. The quantitative estimate of drug-likeness (QED) is 0.401. The Bertz CT molecular complexity index is 747. The van der Waals surface area contributed by atoms with Crippen molar-refractivity contribution < 1.29 is 17.6 Å². The van der Waals surface area contributed by atoms with E-state index in [-0.39, 0.29) is 11.1 Å². The molecule has 0 unspecified atom stereocenters. The van der Waals surface area contributed by atoms with Gasteiger partial charge in [-0.1, -0.05) is 19.4 Å². The summed E-state index contributed by atoms with van der Waals surface area (Å²) in [4.78, 5) is 0. The summed E-state index contributed by atoms with van der Waals surface area (Å²) in [7, 11) is 0. The third-order valence-electron chi connectivity index (χ3n) is 3.36. The predicted octanol–water partition coefficient (Wildman–Crippen LogP) is 5.04. The first-order valence-corrected chi connectivity index (χ1v) is 7.50. The van der Waals surface area contributed by atoms with Gasteiger partial charge in [0.15, 0.2) is 11.6 Å². The highest BCUT2D eigenvalue weighted by molar-refractivity contribution is 5.83. The summed E-state index contributed by atoms with van der Waals surface area (Å²) in [6, 6.07) is 5.76. The summed E-state index contributed by atoms with van der Waals surface area (Å²) in [6.45, 7) is 2.00. The number of unbranched alkanes of at least 4 members (excludes halogenated alkanes) is 1. The Labute approximate surface area is 137 Å². The molecule has 2 aromatic carbocycles. The minimum absolute atomic E-state index is 0.280. The molecular formula is C18H16F4N2. The minimum atomic E-state index is -1.01. The smallest absolute Gasteiger partial charge is 0.159 e. The van der Waals surface area contributed by atoms with Crippen LogP contribution < -0.4 is 0 Å². The Morgan fingerprint density at radius 2 is 1.50 bits per heavy atom. The van der Waals surface area contributed by atoms with E-state index in [0.29, 0.717) is 12.0 Å². The van der Waals surface area contributed by atoms with Gasteiger partial charge in [0.2, 0.25) is 0 Å². The van der Waals surface area contributed by atoms with Crippen molar-refractivity contribution in [2.75, 3.05) is 0 Å². The molecular weight excluding hydrogens is 320 g/mol. The fourth-order valence-corrected chi connectivity index (χ4v) is 2.07. The van der Waals surface area contributed by atoms with Gasteiger partial charge in [-0.15, -0.1) is 0 Å². The Balaban J connectivity index is 2.10. The van der Waals surface area contributed by atoms with E-state index in [0.717, 1.165) is 37.4 Å². The summed E-state index contributed by atoms with van der Waals surface area (Å²) >= 11 is 0. The first-order valence-electron chi connectivity index (χ1n) is 7.50. The zero-order chi connectivity index (χ0) is 17.5. The van der Waals surface area contributed by atoms with Gasteiger partial charge in [-0.05, 0) is 48.2 Å². The van der Waals surface area contributed by atoms with Gasteiger partial charge in [-0.25, -0.2) is 17.6 Å². The minimum Gasteiger partial charge on any atom is -0.206 e. The topological polar surface area (TPSA) is 24.7 Å². The second kappa shape index (κ2) is 8.38. The van der Waals surface area contributed by atoms with Gasteiger partial charge < -0.3 is 0 Å². The van der Waals surface area contributed by atoms with Crippen molar-refractivity contribution in [2.45, 2.75) is 26.2 Å². The zero-order valence-electron chi connectivity index (χ0n) is 13.1. The first-order chi connectivity index (χ1) is 11.5. The van der Waals surface area contributed by atoms with Gasteiger partial charge in [-0.2, -0.15) is 10.2 Å². The molecule has 0 heterocycles. The molecule has 0 saturated carbocycles. The van der Waals surface area contributed by atoms with Crippen molar-refractivity contribution >= 4 is 12.4 Å². The van der Waals surface area contributed by atoms with E-state index in [1.165, 1.54) is 18.2 Å². The van der Waals surface area contributed by atoms with Gasteiger partial charge >= 0.3 is 0 Å². The number of benzene rings is 2. The summed E-state index contributed by atoms with van der Waals surface area (Å²) in [6.07, 6.45) is 4.50. The normalized spacial score (nSPS) is 11.7. The van der Waals surface area contributed by atoms with Crippen molar-refractivity contribution in [2.24, 2.45) is 10.2 Å². The van der Waals surface area contributed by atoms with Crippen LogP contribution >= 0.6 is 0 Å². The number of rotatable bonds is 6. The maximum Gasteiger partial charge on any atom is 0.159 e. The van der Waals surface area contributed by atoms with E-state index in [1.54, 1.807) is 0 Å². The Kier molecular flexibility index (Phi) is 6.23. The molecule has 0 spiro atoms.